The van der Waals surface area contributed by atoms with Crippen molar-refractivity contribution in [2.75, 3.05) is 31.3 Å². The lowest BCUT2D eigenvalue weighted by Gasteiger charge is -2.11. The summed E-state index contributed by atoms with van der Waals surface area (Å²) in [6.45, 7) is -0.0541. The highest BCUT2D eigenvalue weighted by Gasteiger charge is 2.18. The largest absolute Gasteiger partial charge is 0.482 e. The van der Waals surface area contributed by atoms with Crippen LogP contribution in [0.5, 0.6) is 5.75 Å². The molecule has 0 saturated carbocycles. The van der Waals surface area contributed by atoms with Crippen LogP contribution in [-0.2, 0) is 14.6 Å². The molecule has 0 aliphatic rings. The quantitative estimate of drug-likeness (QED) is 0.235. The third kappa shape index (κ3) is 6.63. The SMILES string of the molecule is CS(=O)(=O)c1ccc(NCCNC(=O)COc2cc(Cl)c(Cl)cc2Cl)c([N+](=O)[O-])c1. The maximum atomic E-state index is 11.9. The van der Waals surface area contributed by atoms with E-state index in [9.17, 15) is 23.3 Å². The first-order valence-corrected chi connectivity index (χ1v) is 11.3. The molecule has 0 saturated heterocycles. The van der Waals surface area contributed by atoms with E-state index in [0.717, 1.165) is 12.3 Å². The molecule has 0 atom stereocenters. The van der Waals surface area contributed by atoms with Gasteiger partial charge in [0.1, 0.15) is 11.4 Å². The molecule has 162 valence electrons. The van der Waals surface area contributed by atoms with Crippen LogP contribution in [0.1, 0.15) is 0 Å². The second-order valence-corrected chi connectivity index (χ2v) is 9.21. The molecule has 2 N–H and O–H groups in total. The minimum Gasteiger partial charge on any atom is -0.482 e. The van der Waals surface area contributed by atoms with E-state index >= 15 is 0 Å². The zero-order valence-corrected chi connectivity index (χ0v) is 18.5. The number of nitro groups is 1. The number of anilines is 1. The number of nitrogens with one attached hydrogen (secondary N) is 2. The molecule has 1 amide bonds. The lowest BCUT2D eigenvalue weighted by atomic mass is 10.2. The Morgan fingerprint density at radius 1 is 1.10 bits per heavy atom. The van der Waals surface area contributed by atoms with Crippen LogP contribution >= 0.6 is 34.8 Å². The van der Waals surface area contributed by atoms with Gasteiger partial charge < -0.3 is 15.4 Å². The Balaban J connectivity index is 1.87. The first-order valence-electron chi connectivity index (χ1n) is 8.25. The summed E-state index contributed by atoms with van der Waals surface area (Å²) in [5.41, 5.74) is -0.262. The number of carbonyl (C=O) groups is 1. The molecule has 0 bridgehead atoms. The van der Waals surface area contributed by atoms with Crippen LogP contribution < -0.4 is 15.4 Å². The van der Waals surface area contributed by atoms with Gasteiger partial charge in [-0.25, -0.2) is 8.42 Å². The summed E-state index contributed by atoms with van der Waals surface area (Å²) in [4.78, 5) is 22.2. The van der Waals surface area contributed by atoms with Crippen LogP contribution in [0.2, 0.25) is 15.1 Å². The molecule has 0 aliphatic carbocycles. The molecule has 13 heteroatoms. The van der Waals surface area contributed by atoms with Gasteiger partial charge in [-0.15, -0.1) is 0 Å². The second kappa shape index (κ2) is 10.2. The standard InChI is InChI=1S/C17H16Cl3N3O6S/c1-30(27,28)10-2-3-14(15(6-10)23(25)26)21-4-5-22-17(24)9-29-16-8-12(19)11(18)7-13(16)20/h2-3,6-8,21H,4-5,9H2,1H3,(H,22,24). The van der Waals surface area contributed by atoms with Crippen LogP contribution in [0, 0.1) is 10.1 Å². The maximum Gasteiger partial charge on any atom is 0.293 e. The van der Waals surface area contributed by atoms with Gasteiger partial charge in [0.25, 0.3) is 11.6 Å². The van der Waals surface area contributed by atoms with Gasteiger partial charge in [-0.05, 0) is 18.2 Å². The van der Waals surface area contributed by atoms with Crippen LogP contribution in [0.3, 0.4) is 0 Å². The Labute approximate surface area is 187 Å². The minimum absolute atomic E-state index is 0.125. The van der Waals surface area contributed by atoms with Crippen molar-refractivity contribution >= 4 is 61.9 Å². The molecule has 0 spiro atoms. The number of nitrogens with zero attached hydrogens (tertiary/aromatic N) is 1. The molecule has 0 unspecified atom stereocenters. The zero-order valence-electron chi connectivity index (χ0n) is 15.4. The molecule has 0 aliphatic heterocycles. The van der Waals surface area contributed by atoms with Crippen molar-refractivity contribution in [1.29, 1.82) is 0 Å². The minimum atomic E-state index is -3.58. The van der Waals surface area contributed by atoms with Crippen molar-refractivity contribution in [1.82, 2.24) is 5.32 Å². The summed E-state index contributed by atoms with van der Waals surface area (Å²) in [7, 11) is -3.58. The number of hydrogen-bond acceptors (Lipinski definition) is 7. The topological polar surface area (TPSA) is 128 Å². The zero-order chi connectivity index (χ0) is 22.5. The fourth-order valence-electron chi connectivity index (χ4n) is 2.25. The molecular weight excluding hydrogens is 481 g/mol. The highest BCUT2D eigenvalue weighted by atomic mass is 35.5. The first kappa shape index (κ1) is 24.0. The fourth-order valence-corrected chi connectivity index (χ4v) is 3.48. The molecule has 2 aromatic carbocycles. The number of ether oxygens (including phenoxy) is 1. The summed E-state index contributed by atoms with van der Waals surface area (Å²) in [5, 5.41) is 17.2. The van der Waals surface area contributed by atoms with Gasteiger partial charge in [-0.1, -0.05) is 34.8 Å². The second-order valence-electron chi connectivity index (χ2n) is 5.97. The molecule has 30 heavy (non-hydrogen) atoms. The monoisotopic (exact) mass is 495 g/mol. The number of halogens is 3. The number of nitro benzene ring substituents is 1. The van der Waals surface area contributed by atoms with Gasteiger partial charge in [0.05, 0.1) is 24.9 Å². The van der Waals surface area contributed by atoms with Crippen molar-refractivity contribution in [2.24, 2.45) is 0 Å². The highest BCUT2D eigenvalue weighted by Crippen LogP contribution is 2.33. The lowest BCUT2D eigenvalue weighted by molar-refractivity contribution is -0.384. The third-order valence-electron chi connectivity index (χ3n) is 3.69. The Hall–Kier alpha value is -2.27. The first-order chi connectivity index (χ1) is 14.0. The van der Waals surface area contributed by atoms with Gasteiger partial charge in [0, 0.05) is 31.5 Å². The van der Waals surface area contributed by atoms with E-state index in [1.165, 1.54) is 24.3 Å². The van der Waals surface area contributed by atoms with E-state index in [-0.39, 0.29) is 56.8 Å². The average molecular weight is 497 g/mol. The van der Waals surface area contributed by atoms with Crippen LogP contribution in [-0.4, -0.2) is 45.2 Å². The van der Waals surface area contributed by atoms with Crippen molar-refractivity contribution < 1.29 is 22.9 Å². The predicted molar refractivity (Wildman–Crippen MR) is 115 cm³/mol. The number of carbonyl (C=O) groups excluding carboxylic acids is 1. The molecular formula is C17H16Cl3N3O6S. The van der Waals surface area contributed by atoms with Crippen LogP contribution in [0.4, 0.5) is 11.4 Å². The van der Waals surface area contributed by atoms with E-state index in [1.807, 2.05) is 0 Å². The van der Waals surface area contributed by atoms with E-state index < -0.39 is 20.7 Å². The Kier molecular flexibility index (Phi) is 8.13. The van der Waals surface area contributed by atoms with Gasteiger partial charge in [0.2, 0.25) is 0 Å². The van der Waals surface area contributed by atoms with Crippen molar-refractivity contribution in [3.63, 3.8) is 0 Å². The van der Waals surface area contributed by atoms with Gasteiger partial charge in [0.15, 0.2) is 16.4 Å². The smallest absolute Gasteiger partial charge is 0.293 e. The summed E-state index contributed by atoms with van der Waals surface area (Å²) in [6.07, 6.45) is 0.960. The number of hydrogen-bond donors (Lipinski definition) is 2. The molecule has 2 aromatic rings. The molecule has 9 nitrogen and oxygen atoms in total. The number of amides is 1. The predicted octanol–water partition coefficient (Wildman–Crippen LogP) is 3.57. The van der Waals surface area contributed by atoms with E-state index in [0.29, 0.717) is 0 Å². The van der Waals surface area contributed by atoms with Crippen molar-refractivity contribution in [3.05, 3.63) is 55.5 Å². The fraction of sp³-hybridized carbons (Fsp3) is 0.235. The number of benzene rings is 2. The molecule has 2 rings (SSSR count). The number of sulfone groups is 1. The van der Waals surface area contributed by atoms with Gasteiger partial charge in [-0.2, -0.15) is 0 Å². The van der Waals surface area contributed by atoms with Crippen LogP contribution in [0.25, 0.3) is 0 Å². The van der Waals surface area contributed by atoms with E-state index in [4.69, 9.17) is 39.5 Å². The van der Waals surface area contributed by atoms with Crippen molar-refractivity contribution in [2.45, 2.75) is 4.90 Å². The van der Waals surface area contributed by atoms with E-state index in [2.05, 4.69) is 10.6 Å². The summed E-state index contributed by atoms with van der Waals surface area (Å²) in [5.74, 6) is -0.262. The Morgan fingerprint density at radius 3 is 2.40 bits per heavy atom. The highest BCUT2D eigenvalue weighted by molar-refractivity contribution is 7.90. The number of rotatable bonds is 9. The summed E-state index contributed by atoms with van der Waals surface area (Å²) < 4.78 is 28.4. The summed E-state index contributed by atoms with van der Waals surface area (Å²) >= 11 is 17.6. The van der Waals surface area contributed by atoms with Crippen molar-refractivity contribution in [3.8, 4) is 5.75 Å². The maximum absolute atomic E-state index is 11.9. The Bertz CT molecular complexity index is 1080. The van der Waals surface area contributed by atoms with Gasteiger partial charge in [-0.3, -0.25) is 14.9 Å². The Morgan fingerprint density at radius 2 is 1.77 bits per heavy atom. The molecule has 0 aromatic heterocycles. The molecule has 0 fully saturated rings. The van der Waals surface area contributed by atoms with Crippen LogP contribution in [0.15, 0.2) is 35.2 Å². The summed E-state index contributed by atoms with van der Waals surface area (Å²) in [6, 6.07) is 6.32. The average Bonchev–Trinajstić information content (AvgIpc) is 2.66. The normalized spacial score (nSPS) is 11.1. The molecule has 0 heterocycles. The molecule has 0 radical (unpaired) electrons. The third-order valence-corrected chi connectivity index (χ3v) is 5.82. The van der Waals surface area contributed by atoms with Gasteiger partial charge >= 0.3 is 0 Å². The van der Waals surface area contributed by atoms with E-state index in [1.54, 1.807) is 0 Å². The lowest BCUT2D eigenvalue weighted by Crippen LogP contribution is -2.32.